The second-order valence-electron chi connectivity index (χ2n) is 1.81. The van der Waals surface area contributed by atoms with E-state index in [4.69, 9.17) is 16.3 Å². The first-order chi connectivity index (χ1) is 4.34. The first-order valence-corrected chi connectivity index (χ1v) is 4.94. The molecule has 0 saturated heterocycles. The average molecular weight is 253 g/mol. The van der Waals surface area contributed by atoms with Crippen LogP contribution in [0.15, 0.2) is 0 Å². The van der Waals surface area contributed by atoms with Gasteiger partial charge in [0, 0.05) is 22.7 Å². The van der Waals surface area contributed by atoms with E-state index in [1.807, 2.05) is 0 Å². The third-order valence-electron chi connectivity index (χ3n) is 0.904. The Labute approximate surface area is 73.4 Å². The number of hydrogen-bond donors (Lipinski definition) is 1. The van der Waals surface area contributed by atoms with E-state index in [2.05, 4.69) is 16.1 Å². The van der Waals surface area contributed by atoms with Crippen molar-refractivity contribution in [2.75, 3.05) is 6.54 Å². The van der Waals surface area contributed by atoms with Crippen molar-refractivity contribution < 1.29 is 13.0 Å². The summed E-state index contributed by atoms with van der Waals surface area (Å²) in [5, 5.41) is -0.885. The summed E-state index contributed by atoms with van der Waals surface area (Å²) in [6, 6.07) is 0. The van der Waals surface area contributed by atoms with E-state index in [0.29, 0.717) is 0 Å². The standard InChI is InChI=1S/C3H7BrClNO3S/c1-3(2-6(4)5)10(7,8)9/h3H,2H2,1H3,(H,7,8,9). The molecular weight excluding hydrogens is 245 g/mol. The van der Waals surface area contributed by atoms with Crippen molar-refractivity contribution in [2.45, 2.75) is 12.2 Å². The van der Waals surface area contributed by atoms with E-state index in [1.54, 1.807) is 0 Å². The minimum absolute atomic E-state index is 0.0282. The highest BCUT2D eigenvalue weighted by Gasteiger charge is 2.18. The lowest BCUT2D eigenvalue weighted by atomic mass is 10.5. The summed E-state index contributed by atoms with van der Waals surface area (Å²) < 4.78 is 30.0. The molecule has 0 amide bonds. The van der Waals surface area contributed by atoms with Crippen LogP contribution < -0.4 is 0 Å². The van der Waals surface area contributed by atoms with Gasteiger partial charge < -0.3 is 0 Å². The fourth-order valence-corrected chi connectivity index (χ4v) is 1.54. The molecule has 0 aliphatic heterocycles. The van der Waals surface area contributed by atoms with Crippen LogP contribution in [-0.4, -0.2) is 28.2 Å². The van der Waals surface area contributed by atoms with Gasteiger partial charge in [0.05, 0.1) is 5.25 Å². The summed E-state index contributed by atoms with van der Waals surface area (Å²) in [6.07, 6.45) is 0. The molecule has 1 unspecified atom stereocenters. The molecule has 1 N–H and O–H groups in total. The van der Waals surface area contributed by atoms with Crippen LogP contribution in [0, 0.1) is 0 Å². The van der Waals surface area contributed by atoms with E-state index < -0.39 is 15.4 Å². The molecule has 0 bridgehead atoms. The first kappa shape index (κ1) is 10.6. The Morgan fingerprint density at radius 2 is 2.20 bits per heavy atom. The van der Waals surface area contributed by atoms with Gasteiger partial charge in [-0.05, 0) is 18.7 Å². The molecule has 10 heavy (non-hydrogen) atoms. The van der Waals surface area contributed by atoms with Gasteiger partial charge >= 0.3 is 0 Å². The maximum atomic E-state index is 10.3. The summed E-state index contributed by atoms with van der Waals surface area (Å²) in [7, 11) is -3.95. The minimum atomic E-state index is -3.95. The van der Waals surface area contributed by atoms with Crippen LogP contribution in [0.5, 0.6) is 0 Å². The molecule has 0 fully saturated rings. The van der Waals surface area contributed by atoms with E-state index in [-0.39, 0.29) is 6.54 Å². The van der Waals surface area contributed by atoms with Crippen LogP contribution >= 0.6 is 27.9 Å². The Kier molecular flexibility index (Phi) is 4.12. The van der Waals surface area contributed by atoms with E-state index in [1.165, 1.54) is 6.92 Å². The average Bonchev–Trinajstić information content (AvgIpc) is 1.60. The van der Waals surface area contributed by atoms with E-state index in [9.17, 15) is 8.42 Å². The van der Waals surface area contributed by atoms with E-state index >= 15 is 0 Å². The van der Waals surface area contributed by atoms with Gasteiger partial charge in [-0.15, -0.1) is 0 Å². The highest BCUT2D eigenvalue weighted by molar-refractivity contribution is 9.08. The lowest BCUT2D eigenvalue weighted by Gasteiger charge is -2.08. The summed E-state index contributed by atoms with van der Waals surface area (Å²) in [5.74, 6) is 0. The largest absolute Gasteiger partial charge is 0.285 e. The molecule has 0 radical (unpaired) electrons. The van der Waals surface area contributed by atoms with Gasteiger partial charge in [0.1, 0.15) is 0 Å². The normalized spacial score (nSPS) is 15.7. The zero-order valence-electron chi connectivity index (χ0n) is 5.16. The van der Waals surface area contributed by atoms with Gasteiger partial charge in [0.25, 0.3) is 10.1 Å². The molecule has 4 nitrogen and oxygen atoms in total. The molecule has 0 aliphatic carbocycles. The predicted molar refractivity (Wildman–Crippen MR) is 42.5 cm³/mol. The molecule has 0 saturated carbocycles. The number of nitrogens with zero attached hydrogens (tertiary/aromatic N) is 1. The van der Waals surface area contributed by atoms with Crippen molar-refractivity contribution >= 4 is 38.0 Å². The van der Waals surface area contributed by atoms with Gasteiger partial charge in [-0.25, -0.2) is 0 Å². The quantitative estimate of drug-likeness (QED) is 0.602. The maximum Gasteiger partial charge on any atom is 0.268 e. The van der Waals surface area contributed by atoms with Crippen LogP contribution in [0.3, 0.4) is 0 Å². The van der Waals surface area contributed by atoms with Gasteiger partial charge in [-0.1, -0.05) is 0 Å². The van der Waals surface area contributed by atoms with Crippen molar-refractivity contribution in [2.24, 2.45) is 0 Å². The zero-order valence-corrected chi connectivity index (χ0v) is 8.32. The Morgan fingerprint density at radius 3 is 2.30 bits per heavy atom. The third-order valence-corrected chi connectivity index (χ3v) is 2.50. The van der Waals surface area contributed by atoms with Gasteiger partial charge in [0.2, 0.25) is 0 Å². The monoisotopic (exact) mass is 251 g/mol. The number of halogens is 2. The Morgan fingerprint density at radius 1 is 1.80 bits per heavy atom. The molecular formula is C3H7BrClNO3S. The van der Waals surface area contributed by atoms with Gasteiger partial charge in [-0.2, -0.15) is 11.9 Å². The Bertz CT molecular complexity index is 192. The third kappa shape index (κ3) is 4.45. The maximum absolute atomic E-state index is 10.3. The zero-order chi connectivity index (χ0) is 8.36. The van der Waals surface area contributed by atoms with Crippen molar-refractivity contribution in [3.05, 3.63) is 0 Å². The second kappa shape index (κ2) is 3.87. The van der Waals surface area contributed by atoms with Crippen LogP contribution in [-0.2, 0) is 10.1 Å². The van der Waals surface area contributed by atoms with Crippen molar-refractivity contribution in [1.82, 2.24) is 3.45 Å². The smallest absolute Gasteiger partial charge is 0.268 e. The summed E-state index contributed by atoms with van der Waals surface area (Å²) in [4.78, 5) is 0. The van der Waals surface area contributed by atoms with Crippen LogP contribution in [0.4, 0.5) is 0 Å². The van der Waals surface area contributed by atoms with Crippen LogP contribution in [0.2, 0.25) is 0 Å². The fraction of sp³-hybridized carbons (Fsp3) is 1.00. The van der Waals surface area contributed by atoms with E-state index in [0.717, 1.165) is 3.45 Å². The highest BCUT2D eigenvalue weighted by Crippen LogP contribution is 2.07. The van der Waals surface area contributed by atoms with Crippen LogP contribution in [0.25, 0.3) is 0 Å². The molecule has 0 aromatic heterocycles. The molecule has 1 atom stereocenters. The Balaban J connectivity index is 3.99. The number of rotatable bonds is 3. The molecule has 0 spiro atoms. The lowest BCUT2D eigenvalue weighted by molar-refractivity contribution is 0.464. The highest BCUT2D eigenvalue weighted by atomic mass is 79.9. The predicted octanol–water partition coefficient (Wildman–Crippen LogP) is 1.03. The molecule has 0 aromatic rings. The van der Waals surface area contributed by atoms with Crippen molar-refractivity contribution in [3.63, 3.8) is 0 Å². The van der Waals surface area contributed by atoms with Crippen molar-refractivity contribution in [1.29, 1.82) is 0 Å². The number of hydrogen-bond acceptors (Lipinski definition) is 3. The summed E-state index contributed by atoms with van der Waals surface area (Å²) >= 11 is 8.04. The van der Waals surface area contributed by atoms with Crippen LogP contribution in [0.1, 0.15) is 6.92 Å². The minimum Gasteiger partial charge on any atom is -0.285 e. The topological polar surface area (TPSA) is 57.6 Å². The second-order valence-corrected chi connectivity index (χ2v) is 5.32. The molecule has 7 heteroatoms. The molecule has 0 aromatic carbocycles. The summed E-state index contributed by atoms with van der Waals surface area (Å²) in [5.41, 5.74) is 0. The van der Waals surface area contributed by atoms with Crippen molar-refractivity contribution in [3.8, 4) is 0 Å². The molecule has 0 aliphatic rings. The SMILES string of the molecule is CC(CN(Cl)Br)S(=O)(=O)O. The molecule has 62 valence electrons. The lowest BCUT2D eigenvalue weighted by Crippen LogP contribution is -2.25. The fourth-order valence-electron chi connectivity index (χ4n) is 0.289. The Hall–Kier alpha value is 0.640. The van der Waals surface area contributed by atoms with Gasteiger partial charge in [0.15, 0.2) is 0 Å². The summed E-state index contributed by atoms with van der Waals surface area (Å²) in [6.45, 7) is 1.38. The van der Waals surface area contributed by atoms with Gasteiger partial charge in [-0.3, -0.25) is 4.55 Å². The molecule has 0 rings (SSSR count). The first-order valence-electron chi connectivity index (χ1n) is 2.39. The molecule has 0 heterocycles.